The predicted molar refractivity (Wildman–Crippen MR) is 249 cm³/mol. The van der Waals surface area contributed by atoms with Gasteiger partial charge in [0.15, 0.2) is 46.1 Å². The summed E-state index contributed by atoms with van der Waals surface area (Å²) in [6.07, 6.45) is 0. The van der Waals surface area contributed by atoms with Crippen LogP contribution in [0.4, 0.5) is 0 Å². The van der Waals surface area contributed by atoms with Gasteiger partial charge in [0, 0.05) is 32.7 Å². The van der Waals surface area contributed by atoms with Crippen molar-refractivity contribution in [2.24, 2.45) is 0 Å². The van der Waals surface area contributed by atoms with Crippen LogP contribution < -0.4 is 28.4 Å². The molecular weight excluding hydrogens is 901 g/mol. The normalized spacial score (nSPS) is 19.0. The first-order valence-electron chi connectivity index (χ1n) is 23.4. The molecule has 3 aromatic carbocycles. The highest BCUT2D eigenvalue weighted by atomic mass is 16.6. The Kier molecular flexibility index (Phi) is 16.0. The smallest absolute Gasteiger partial charge is 0.164 e. The largest absolute Gasteiger partial charge is 0.487 e. The molecule has 69 heavy (non-hydrogen) atoms. The van der Waals surface area contributed by atoms with Crippen molar-refractivity contribution in [1.82, 2.24) is 29.9 Å². The number of nitrogens with zero attached hydrogens (tertiary/aromatic N) is 4. The molecule has 0 spiro atoms. The van der Waals surface area contributed by atoms with Crippen molar-refractivity contribution >= 4 is 44.1 Å². The lowest BCUT2D eigenvalue weighted by molar-refractivity contribution is 0.00708. The van der Waals surface area contributed by atoms with Crippen LogP contribution in [0.5, 0.6) is 34.5 Å². The molecule has 0 fully saturated rings. The molecule has 368 valence electrons. The van der Waals surface area contributed by atoms with Gasteiger partial charge in [0.2, 0.25) is 0 Å². The van der Waals surface area contributed by atoms with E-state index in [4.69, 9.17) is 91.0 Å². The van der Waals surface area contributed by atoms with Crippen LogP contribution in [0.25, 0.3) is 66.9 Å². The molecule has 0 saturated carbocycles. The molecule has 4 aliphatic heterocycles. The Bertz CT molecular complexity index is 2570. The molecule has 3 aromatic heterocycles. The number of ether oxygens (including phenoxy) is 15. The van der Waals surface area contributed by atoms with Crippen LogP contribution in [0.15, 0.2) is 36.4 Å². The average Bonchev–Trinajstić information content (AvgIpc) is 3.98. The van der Waals surface area contributed by atoms with Crippen LogP contribution in [-0.4, -0.2) is 188 Å². The number of aromatic amines is 2. The summed E-state index contributed by atoms with van der Waals surface area (Å²) in [5, 5.41) is 2.83. The van der Waals surface area contributed by atoms with Crippen LogP contribution in [0.1, 0.15) is 0 Å². The van der Waals surface area contributed by atoms with E-state index in [-0.39, 0.29) is 39.6 Å². The Morgan fingerprint density at radius 3 is 0.725 bits per heavy atom. The molecule has 0 unspecified atom stereocenters. The van der Waals surface area contributed by atoms with E-state index in [2.05, 4.69) is 9.97 Å². The van der Waals surface area contributed by atoms with Crippen molar-refractivity contribution in [3.63, 3.8) is 0 Å². The highest BCUT2D eigenvalue weighted by molar-refractivity contribution is 6.09. The topological polar surface area (TPSA) is 222 Å². The molecule has 6 bridgehead atoms. The highest BCUT2D eigenvalue weighted by Crippen LogP contribution is 2.44. The van der Waals surface area contributed by atoms with Gasteiger partial charge in [-0.2, -0.15) is 0 Å². The summed E-state index contributed by atoms with van der Waals surface area (Å²) >= 11 is 0. The lowest BCUT2D eigenvalue weighted by Gasteiger charge is -2.15. The third kappa shape index (κ3) is 11.8. The standard InChI is InChI=1S/C48H56N6O15/c1-7-58-13-19-64-37-25-31-32(26-38(37)65-20-14-59-8-2-55-1)44-49-43(31)52-45-33-27-39-40(67-22-16-61-10-4-56-3-9-60-15-21-66-39)28-34(33)47(50-45)54-48-36-30-42-41(29-35(36)46(51-48)53-44)68-23-17-62-11-5-57-6-12-63-18-24-69-42/h25-30H,1-24H2,(H2,49,50,51,52,53,54). The first-order valence-corrected chi connectivity index (χ1v) is 23.4. The van der Waals surface area contributed by atoms with Crippen LogP contribution in [-0.2, 0) is 42.6 Å². The van der Waals surface area contributed by atoms with Gasteiger partial charge in [0.25, 0.3) is 0 Å². The fourth-order valence-electron chi connectivity index (χ4n) is 7.96. The fraction of sp³-hybridized carbons (Fsp3) is 0.500. The van der Waals surface area contributed by atoms with E-state index in [1.165, 1.54) is 0 Å². The minimum absolute atomic E-state index is 0.265. The van der Waals surface area contributed by atoms with Gasteiger partial charge in [-0.05, 0) is 36.4 Å². The molecule has 0 aliphatic carbocycles. The van der Waals surface area contributed by atoms with Gasteiger partial charge in [0.1, 0.15) is 62.2 Å². The maximum absolute atomic E-state index is 6.34. The van der Waals surface area contributed by atoms with E-state index in [0.29, 0.717) is 220 Å². The second-order valence-electron chi connectivity index (χ2n) is 15.9. The quantitative estimate of drug-likeness (QED) is 0.209. The lowest BCUT2D eigenvalue weighted by Crippen LogP contribution is -2.13. The summed E-state index contributed by atoms with van der Waals surface area (Å²) in [6, 6.07) is 11.4. The second kappa shape index (κ2) is 23.6. The molecule has 0 saturated heterocycles. The third-order valence-electron chi connectivity index (χ3n) is 11.2. The highest BCUT2D eigenvalue weighted by Gasteiger charge is 2.26. The molecule has 6 aromatic rings. The Morgan fingerprint density at radius 2 is 0.464 bits per heavy atom. The Morgan fingerprint density at radius 1 is 0.246 bits per heavy atom. The number of H-pyrrole nitrogens is 2. The van der Waals surface area contributed by atoms with Crippen LogP contribution >= 0.6 is 0 Å². The number of hydrogen-bond acceptors (Lipinski definition) is 19. The van der Waals surface area contributed by atoms with E-state index in [1.807, 2.05) is 36.4 Å². The predicted octanol–water partition coefficient (Wildman–Crippen LogP) is 4.77. The SMILES string of the molecule is c1c2c(cc3c1-c1nc-3nc3[nH]c(nc4[nH]c(n1)c1cc5c(cc41)OCCOCCOCCOCCO5)c1cc4c(cc31)OCCOCCOCCOCCO4)OCCOCCOCCOCCO2. The van der Waals surface area contributed by atoms with Crippen molar-refractivity contribution in [1.29, 1.82) is 0 Å². The molecule has 0 amide bonds. The van der Waals surface area contributed by atoms with E-state index in [9.17, 15) is 0 Å². The first kappa shape index (κ1) is 46.8. The number of rotatable bonds is 0. The van der Waals surface area contributed by atoms with E-state index < -0.39 is 0 Å². The van der Waals surface area contributed by atoms with Crippen molar-refractivity contribution in [3.05, 3.63) is 36.4 Å². The maximum Gasteiger partial charge on any atom is 0.164 e. The number of nitrogens with one attached hydrogen (secondary N) is 2. The van der Waals surface area contributed by atoms with Gasteiger partial charge in [0.05, 0.1) is 119 Å². The molecule has 21 nitrogen and oxygen atoms in total. The minimum Gasteiger partial charge on any atom is -0.487 e. The molecular formula is C48H56N6O15. The maximum atomic E-state index is 6.34. The Hall–Kier alpha value is -5.88. The molecule has 0 radical (unpaired) electrons. The van der Waals surface area contributed by atoms with Crippen LogP contribution in [0.2, 0.25) is 0 Å². The third-order valence-corrected chi connectivity index (χ3v) is 11.2. The minimum atomic E-state index is 0.265. The zero-order valence-electron chi connectivity index (χ0n) is 38.3. The molecule has 21 heteroatoms. The zero-order valence-corrected chi connectivity index (χ0v) is 38.3. The van der Waals surface area contributed by atoms with Crippen LogP contribution in [0.3, 0.4) is 0 Å². The summed E-state index contributed by atoms with van der Waals surface area (Å²) < 4.78 is 89.5. The lowest BCUT2D eigenvalue weighted by atomic mass is 10.1. The van der Waals surface area contributed by atoms with Gasteiger partial charge in [-0.1, -0.05) is 0 Å². The zero-order chi connectivity index (χ0) is 46.5. The van der Waals surface area contributed by atoms with E-state index >= 15 is 0 Å². The molecule has 10 rings (SSSR count). The van der Waals surface area contributed by atoms with Crippen molar-refractivity contribution < 1.29 is 71.1 Å². The number of benzene rings is 3. The Labute approximate surface area is 396 Å². The monoisotopic (exact) mass is 956 g/mol. The average molecular weight is 957 g/mol. The number of fused-ring (bicyclic) bond motifs is 18. The van der Waals surface area contributed by atoms with Crippen molar-refractivity contribution in [2.75, 3.05) is 159 Å². The summed E-state index contributed by atoms with van der Waals surface area (Å²) in [5.41, 5.74) is 3.27. The number of hydrogen-bond donors (Lipinski definition) is 2. The fourth-order valence-corrected chi connectivity index (χ4v) is 7.96. The van der Waals surface area contributed by atoms with Gasteiger partial charge >= 0.3 is 0 Å². The van der Waals surface area contributed by atoms with Crippen molar-refractivity contribution in [2.45, 2.75) is 0 Å². The molecule has 0 atom stereocenters. The van der Waals surface area contributed by atoms with Gasteiger partial charge < -0.3 is 81.0 Å². The summed E-state index contributed by atoms with van der Waals surface area (Å²) in [7, 11) is 0. The summed E-state index contributed by atoms with van der Waals surface area (Å²) in [5.74, 6) is 3.72. The van der Waals surface area contributed by atoms with Gasteiger partial charge in [-0.3, -0.25) is 0 Å². The molecule has 7 heterocycles. The van der Waals surface area contributed by atoms with E-state index in [0.717, 1.165) is 0 Å². The van der Waals surface area contributed by atoms with Crippen LogP contribution in [0, 0.1) is 0 Å². The molecule has 4 aliphatic rings. The van der Waals surface area contributed by atoms with E-state index in [1.54, 1.807) is 0 Å². The summed E-state index contributed by atoms with van der Waals surface area (Å²) in [6.45, 7) is 9.01. The second-order valence-corrected chi connectivity index (χ2v) is 15.9. The summed E-state index contributed by atoms with van der Waals surface area (Å²) in [4.78, 5) is 27.8. The first-order chi connectivity index (χ1) is 34.2. The number of aromatic nitrogens is 6. The van der Waals surface area contributed by atoms with Crippen molar-refractivity contribution in [3.8, 4) is 57.3 Å². The molecule has 2 N–H and O–H groups in total. The Balaban J connectivity index is 1.15. The van der Waals surface area contributed by atoms with Gasteiger partial charge in [-0.15, -0.1) is 0 Å². The van der Waals surface area contributed by atoms with Gasteiger partial charge in [-0.25, -0.2) is 19.9 Å².